The monoisotopic (exact) mass is 280 g/mol. The predicted molar refractivity (Wildman–Crippen MR) is 57.9 cm³/mol. The summed E-state index contributed by atoms with van der Waals surface area (Å²) in [5.41, 5.74) is 0. The molecule has 0 amide bonds. The first-order valence-electron chi connectivity index (χ1n) is 5.34. The Morgan fingerprint density at radius 1 is 1.05 bits per heavy atom. The number of carbonyl (C=O) groups excluding carboxylic acids is 2. The first-order chi connectivity index (χ1) is 8.79. The molecule has 0 rings (SSSR count). The molecule has 0 aromatic heterocycles. The van der Waals surface area contributed by atoms with Gasteiger partial charge in [0.15, 0.2) is 6.29 Å². The molecule has 0 aliphatic heterocycles. The van der Waals surface area contributed by atoms with Crippen molar-refractivity contribution in [1.29, 1.82) is 0 Å². The van der Waals surface area contributed by atoms with E-state index in [2.05, 4.69) is 4.74 Å². The van der Waals surface area contributed by atoms with Crippen molar-refractivity contribution in [1.82, 2.24) is 0 Å². The second-order valence-electron chi connectivity index (χ2n) is 3.75. The van der Waals surface area contributed by atoms with Crippen LogP contribution in [0.15, 0.2) is 0 Å². The highest BCUT2D eigenvalue weighted by molar-refractivity contribution is 5.76. The third kappa shape index (κ3) is 6.82. The Kier molecular flexibility index (Phi) is 7.84. The Balaban J connectivity index is 4.09. The van der Waals surface area contributed by atoms with E-state index in [1.165, 1.54) is 0 Å². The Morgan fingerprint density at radius 3 is 2.11 bits per heavy atom. The summed E-state index contributed by atoms with van der Waals surface area (Å²) in [6.07, 6.45) is -8.30. The number of ether oxygens (including phenoxy) is 1. The number of carboxylic acid groups (broad SMARTS) is 1. The van der Waals surface area contributed by atoms with Crippen molar-refractivity contribution < 1.29 is 44.7 Å². The molecule has 0 fully saturated rings. The van der Waals surface area contributed by atoms with E-state index in [1.807, 2.05) is 0 Å². The molecule has 0 saturated heterocycles. The quantitative estimate of drug-likeness (QED) is 0.219. The van der Waals surface area contributed by atoms with E-state index < -0.39 is 55.8 Å². The van der Waals surface area contributed by atoms with Crippen LogP contribution >= 0.6 is 0 Å². The summed E-state index contributed by atoms with van der Waals surface area (Å²) in [6, 6.07) is 0. The minimum absolute atomic E-state index is 0.0283. The number of aldehydes is 1. The van der Waals surface area contributed by atoms with E-state index in [-0.39, 0.29) is 6.29 Å². The first-order valence-corrected chi connectivity index (χ1v) is 5.34. The van der Waals surface area contributed by atoms with Gasteiger partial charge in [-0.05, 0) is 0 Å². The Bertz CT molecular complexity index is 316. The smallest absolute Gasteiger partial charge is 0.306 e. The highest BCUT2D eigenvalue weighted by Gasteiger charge is 2.30. The minimum Gasteiger partial charge on any atom is -0.481 e. The molecule has 9 nitrogen and oxygen atoms in total. The molecule has 19 heavy (non-hydrogen) atoms. The van der Waals surface area contributed by atoms with Crippen LogP contribution in [0.5, 0.6) is 0 Å². The van der Waals surface area contributed by atoms with Gasteiger partial charge >= 0.3 is 11.9 Å². The van der Waals surface area contributed by atoms with Crippen LogP contribution in [0.25, 0.3) is 0 Å². The van der Waals surface area contributed by atoms with Crippen molar-refractivity contribution in [2.75, 3.05) is 6.61 Å². The number of hydrogen-bond acceptors (Lipinski definition) is 8. The molecule has 0 saturated carbocycles. The molecule has 0 aromatic carbocycles. The Hall–Kier alpha value is -1.55. The molecule has 5 N–H and O–H groups in total. The third-order valence-corrected chi connectivity index (χ3v) is 2.19. The third-order valence-electron chi connectivity index (χ3n) is 2.19. The van der Waals surface area contributed by atoms with E-state index in [0.29, 0.717) is 0 Å². The Morgan fingerprint density at radius 2 is 1.63 bits per heavy atom. The maximum absolute atomic E-state index is 11.0. The molecule has 0 heterocycles. The number of aliphatic hydroxyl groups excluding tert-OH is 4. The lowest BCUT2D eigenvalue weighted by atomic mass is 10.0. The summed E-state index contributed by atoms with van der Waals surface area (Å²) in [4.78, 5) is 31.3. The summed E-state index contributed by atoms with van der Waals surface area (Å²) < 4.78 is 4.45. The lowest BCUT2D eigenvalue weighted by Crippen LogP contribution is -2.46. The normalized spacial score (nSPS) is 17.1. The van der Waals surface area contributed by atoms with Crippen LogP contribution < -0.4 is 0 Å². The fraction of sp³-hybridized carbons (Fsp3) is 0.700. The van der Waals surface area contributed by atoms with Gasteiger partial charge in [0.1, 0.15) is 31.0 Å². The van der Waals surface area contributed by atoms with Gasteiger partial charge in [-0.2, -0.15) is 0 Å². The van der Waals surface area contributed by atoms with Crippen molar-refractivity contribution in [2.24, 2.45) is 0 Å². The lowest BCUT2D eigenvalue weighted by molar-refractivity contribution is -0.157. The van der Waals surface area contributed by atoms with Gasteiger partial charge in [-0.25, -0.2) is 0 Å². The van der Waals surface area contributed by atoms with E-state index in [4.69, 9.17) is 10.2 Å². The van der Waals surface area contributed by atoms with Gasteiger partial charge in [0, 0.05) is 0 Å². The van der Waals surface area contributed by atoms with Crippen LogP contribution in [-0.4, -0.2) is 74.8 Å². The van der Waals surface area contributed by atoms with Crippen LogP contribution in [0.3, 0.4) is 0 Å². The number of aliphatic hydroxyl groups is 4. The van der Waals surface area contributed by atoms with Gasteiger partial charge < -0.3 is 35.1 Å². The molecule has 4 atom stereocenters. The molecule has 9 heteroatoms. The zero-order valence-electron chi connectivity index (χ0n) is 9.88. The molecule has 0 radical (unpaired) electrons. The SMILES string of the molecule is O=C[C@H](O)[C@@H](O)[C@@H](O)[C@H](O)COC(=O)CCC(=O)O. The Labute approximate surface area is 108 Å². The average Bonchev–Trinajstić information content (AvgIpc) is 2.39. The zero-order chi connectivity index (χ0) is 15.0. The number of rotatable bonds is 9. The van der Waals surface area contributed by atoms with Gasteiger partial charge in [0.05, 0.1) is 12.8 Å². The standard InChI is InChI=1S/C10H16O9/c11-3-5(12)9(17)10(18)6(13)4-19-8(16)2-1-7(14)15/h3,5-6,9-10,12-13,17-18H,1-2,4H2,(H,14,15)/t5-,6+,9+,10-/m0/s1. The van der Waals surface area contributed by atoms with E-state index in [1.54, 1.807) is 0 Å². The molecular weight excluding hydrogens is 264 g/mol. The second kappa shape index (κ2) is 8.53. The maximum atomic E-state index is 11.0. The summed E-state index contributed by atoms with van der Waals surface area (Å²) in [7, 11) is 0. The van der Waals surface area contributed by atoms with Gasteiger partial charge in [0.2, 0.25) is 0 Å². The summed E-state index contributed by atoms with van der Waals surface area (Å²) in [5, 5.41) is 45.0. The summed E-state index contributed by atoms with van der Waals surface area (Å²) >= 11 is 0. The first kappa shape index (κ1) is 17.4. The predicted octanol–water partition coefficient (Wildman–Crippen LogP) is -2.96. The van der Waals surface area contributed by atoms with Crippen molar-refractivity contribution in [3.05, 3.63) is 0 Å². The summed E-state index contributed by atoms with van der Waals surface area (Å²) in [5.74, 6) is -2.10. The molecule has 0 bridgehead atoms. The second-order valence-corrected chi connectivity index (χ2v) is 3.75. The summed E-state index contributed by atoms with van der Waals surface area (Å²) in [6.45, 7) is -0.706. The lowest BCUT2D eigenvalue weighted by Gasteiger charge is -2.23. The van der Waals surface area contributed by atoms with Gasteiger partial charge in [-0.1, -0.05) is 0 Å². The van der Waals surface area contributed by atoms with Crippen molar-refractivity contribution in [3.8, 4) is 0 Å². The number of aliphatic carboxylic acids is 1. The number of esters is 1. The minimum atomic E-state index is -1.93. The van der Waals surface area contributed by atoms with Crippen LogP contribution in [0, 0.1) is 0 Å². The molecular formula is C10H16O9. The average molecular weight is 280 g/mol. The van der Waals surface area contributed by atoms with Crippen LogP contribution in [-0.2, 0) is 19.1 Å². The molecule has 0 unspecified atom stereocenters. The fourth-order valence-electron chi connectivity index (χ4n) is 1.07. The highest BCUT2D eigenvalue weighted by atomic mass is 16.5. The zero-order valence-corrected chi connectivity index (χ0v) is 9.88. The molecule has 110 valence electrons. The number of carbonyl (C=O) groups is 3. The van der Waals surface area contributed by atoms with Crippen molar-refractivity contribution in [2.45, 2.75) is 37.3 Å². The molecule has 0 spiro atoms. The molecule has 0 aliphatic rings. The highest BCUT2D eigenvalue weighted by Crippen LogP contribution is 2.05. The van der Waals surface area contributed by atoms with Gasteiger partial charge in [-0.15, -0.1) is 0 Å². The van der Waals surface area contributed by atoms with E-state index in [0.717, 1.165) is 0 Å². The number of hydrogen-bond donors (Lipinski definition) is 5. The van der Waals surface area contributed by atoms with Crippen LogP contribution in [0.4, 0.5) is 0 Å². The molecule has 0 aliphatic carbocycles. The maximum Gasteiger partial charge on any atom is 0.306 e. The van der Waals surface area contributed by atoms with Gasteiger partial charge in [0.25, 0.3) is 0 Å². The van der Waals surface area contributed by atoms with Crippen molar-refractivity contribution in [3.63, 3.8) is 0 Å². The topological polar surface area (TPSA) is 162 Å². The fourth-order valence-corrected chi connectivity index (χ4v) is 1.07. The van der Waals surface area contributed by atoms with Crippen LogP contribution in [0.2, 0.25) is 0 Å². The molecule has 0 aromatic rings. The van der Waals surface area contributed by atoms with Crippen LogP contribution in [0.1, 0.15) is 12.8 Å². The largest absolute Gasteiger partial charge is 0.481 e. The van der Waals surface area contributed by atoms with Gasteiger partial charge in [-0.3, -0.25) is 9.59 Å². The number of carboxylic acids is 1. The van der Waals surface area contributed by atoms with E-state index >= 15 is 0 Å². The van der Waals surface area contributed by atoms with Crippen molar-refractivity contribution >= 4 is 18.2 Å². The van der Waals surface area contributed by atoms with E-state index in [9.17, 15) is 29.7 Å².